The number of ether oxygens (including phenoxy) is 1. The molecule has 4 heteroatoms. The molecule has 1 aliphatic rings. The van der Waals surface area contributed by atoms with E-state index in [1.807, 2.05) is 24.3 Å². The number of benzene rings is 1. The van der Waals surface area contributed by atoms with Gasteiger partial charge in [0.1, 0.15) is 5.75 Å². The fraction of sp³-hybridized carbons (Fsp3) is 0.550. The van der Waals surface area contributed by atoms with Crippen LogP contribution >= 0.6 is 0 Å². The summed E-state index contributed by atoms with van der Waals surface area (Å²) in [4.78, 5) is 11.9. The Morgan fingerprint density at radius 3 is 2.92 bits per heavy atom. The lowest BCUT2D eigenvalue weighted by atomic mass is 9.97. The normalized spacial score (nSPS) is 14.2. The molecule has 0 heterocycles. The lowest BCUT2D eigenvalue weighted by Gasteiger charge is -2.13. The Labute approximate surface area is 145 Å². The molecular formula is C20H30N2O2. The largest absolute Gasteiger partial charge is 0.493 e. The van der Waals surface area contributed by atoms with E-state index in [9.17, 15) is 4.79 Å². The molecule has 24 heavy (non-hydrogen) atoms. The summed E-state index contributed by atoms with van der Waals surface area (Å²) in [5.41, 5.74) is 2.39. The monoisotopic (exact) mass is 330 g/mol. The number of carbonyl (C=O) groups excluding carboxylic acids is 1. The van der Waals surface area contributed by atoms with Gasteiger partial charge in [0.2, 0.25) is 5.91 Å². The highest BCUT2D eigenvalue weighted by Crippen LogP contribution is 2.19. The van der Waals surface area contributed by atoms with Crippen LogP contribution in [0.2, 0.25) is 0 Å². The van der Waals surface area contributed by atoms with Gasteiger partial charge in [-0.25, -0.2) is 0 Å². The first-order valence-corrected chi connectivity index (χ1v) is 9.05. The van der Waals surface area contributed by atoms with E-state index in [0.717, 1.165) is 24.4 Å². The molecule has 0 saturated carbocycles. The van der Waals surface area contributed by atoms with E-state index in [4.69, 9.17) is 4.74 Å². The number of anilines is 1. The van der Waals surface area contributed by atoms with Crippen molar-refractivity contribution < 1.29 is 9.53 Å². The van der Waals surface area contributed by atoms with E-state index in [0.29, 0.717) is 12.5 Å². The first-order valence-electron chi connectivity index (χ1n) is 9.05. The zero-order chi connectivity index (χ0) is 17.2. The summed E-state index contributed by atoms with van der Waals surface area (Å²) in [5, 5.41) is 6.14. The topological polar surface area (TPSA) is 50.4 Å². The summed E-state index contributed by atoms with van der Waals surface area (Å²) in [6, 6.07) is 7.75. The average molecular weight is 330 g/mol. The van der Waals surface area contributed by atoms with Gasteiger partial charge in [0.15, 0.2) is 0 Å². The second-order valence-corrected chi connectivity index (χ2v) is 6.79. The van der Waals surface area contributed by atoms with Crippen LogP contribution in [-0.4, -0.2) is 25.6 Å². The zero-order valence-electron chi connectivity index (χ0n) is 14.9. The van der Waals surface area contributed by atoms with Crippen molar-refractivity contribution in [2.75, 3.05) is 25.0 Å². The maximum absolute atomic E-state index is 11.9. The molecule has 132 valence electrons. The van der Waals surface area contributed by atoms with Crippen LogP contribution in [0, 0.1) is 5.92 Å². The van der Waals surface area contributed by atoms with Crippen molar-refractivity contribution in [2.45, 2.75) is 46.0 Å². The maximum Gasteiger partial charge on any atom is 0.239 e. The van der Waals surface area contributed by atoms with E-state index >= 15 is 0 Å². The van der Waals surface area contributed by atoms with E-state index < -0.39 is 0 Å². The van der Waals surface area contributed by atoms with Crippen molar-refractivity contribution in [2.24, 2.45) is 5.92 Å². The fourth-order valence-corrected chi connectivity index (χ4v) is 2.70. The predicted octanol–water partition coefficient (Wildman–Crippen LogP) is 4.14. The number of allylic oxidation sites excluding steroid dienone is 1. The van der Waals surface area contributed by atoms with Gasteiger partial charge in [-0.3, -0.25) is 4.79 Å². The molecule has 0 bridgehead atoms. The van der Waals surface area contributed by atoms with Gasteiger partial charge in [-0.05, 0) is 50.2 Å². The van der Waals surface area contributed by atoms with Gasteiger partial charge in [-0.1, -0.05) is 31.6 Å². The molecule has 0 fully saturated rings. The lowest BCUT2D eigenvalue weighted by Crippen LogP contribution is -2.30. The number of amides is 1. The van der Waals surface area contributed by atoms with Crippen molar-refractivity contribution >= 4 is 11.6 Å². The van der Waals surface area contributed by atoms with Crippen LogP contribution in [0.5, 0.6) is 5.75 Å². The summed E-state index contributed by atoms with van der Waals surface area (Å²) < 4.78 is 5.70. The number of carbonyl (C=O) groups is 1. The van der Waals surface area contributed by atoms with Crippen LogP contribution in [-0.2, 0) is 4.79 Å². The molecule has 1 aliphatic carbocycles. The molecule has 0 aliphatic heterocycles. The van der Waals surface area contributed by atoms with Crippen LogP contribution in [0.25, 0.3) is 0 Å². The Morgan fingerprint density at radius 2 is 2.17 bits per heavy atom. The molecule has 0 atom stereocenters. The highest BCUT2D eigenvalue weighted by molar-refractivity contribution is 5.80. The quantitative estimate of drug-likeness (QED) is 0.669. The lowest BCUT2D eigenvalue weighted by molar-refractivity contribution is -0.119. The van der Waals surface area contributed by atoms with Crippen LogP contribution in [0.1, 0.15) is 46.0 Å². The predicted molar refractivity (Wildman–Crippen MR) is 99.4 cm³/mol. The summed E-state index contributed by atoms with van der Waals surface area (Å²) in [6.45, 7) is 5.95. The van der Waals surface area contributed by atoms with E-state index in [1.54, 1.807) is 0 Å². The summed E-state index contributed by atoms with van der Waals surface area (Å²) in [7, 11) is 0. The van der Waals surface area contributed by atoms with E-state index in [-0.39, 0.29) is 12.5 Å². The Morgan fingerprint density at radius 1 is 1.29 bits per heavy atom. The van der Waals surface area contributed by atoms with E-state index in [1.165, 1.54) is 31.3 Å². The number of nitrogens with one attached hydrogen (secondary N) is 2. The van der Waals surface area contributed by atoms with Crippen LogP contribution in [0.4, 0.5) is 5.69 Å². The Kier molecular flexibility index (Phi) is 7.66. The molecule has 0 aromatic heterocycles. The van der Waals surface area contributed by atoms with Crippen molar-refractivity contribution in [3.63, 3.8) is 0 Å². The molecule has 1 amide bonds. The molecule has 0 spiro atoms. The molecule has 0 saturated heterocycles. The van der Waals surface area contributed by atoms with Crippen molar-refractivity contribution in [3.8, 4) is 5.75 Å². The smallest absolute Gasteiger partial charge is 0.239 e. The van der Waals surface area contributed by atoms with Crippen LogP contribution in [0.15, 0.2) is 35.9 Å². The van der Waals surface area contributed by atoms with Gasteiger partial charge < -0.3 is 15.4 Å². The van der Waals surface area contributed by atoms with Crippen LogP contribution in [0.3, 0.4) is 0 Å². The zero-order valence-corrected chi connectivity index (χ0v) is 14.9. The van der Waals surface area contributed by atoms with Crippen molar-refractivity contribution in [3.05, 3.63) is 35.9 Å². The first kappa shape index (κ1) is 18.4. The minimum absolute atomic E-state index is 0.0277. The van der Waals surface area contributed by atoms with Crippen LogP contribution < -0.4 is 15.4 Å². The van der Waals surface area contributed by atoms with Gasteiger partial charge in [0, 0.05) is 18.3 Å². The molecule has 2 N–H and O–H groups in total. The third-order valence-electron chi connectivity index (χ3n) is 4.02. The summed E-state index contributed by atoms with van der Waals surface area (Å²) in [6.07, 6.45) is 8.29. The molecular weight excluding hydrogens is 300 g/mol. The Bertz CT molecular complexity index is 552. The molecule has 0 unspecified atom stereocenters. The molecule has 1 aromatic rings. The minimum Gasteiger partial charge on any atom is -0.493 e. The molecule has 4 nitrogen and oxygen atoms in total. The highest BCUT2D eigenvalue weighted by atomic mass is 16.5. The third-order valence-corrected chi connectivity index (χ3v) is 4.02. The second kappa shape index (κ2) is 10.0. The van der Waals surface area contributed by atoms with Gasteiger partial charge in [0.25, 0.3) is 0 Å². The number of hydrogen-bond acceptors (Lipinski definition) is 3. The number of hydrogen-bond donors (Lipinski definition) is 2. The first-order chi connectivity index (χ1) is 11.6. The second-order valence-electron chi connectivity index (χ2n) is 6.79. The Balaban J connectivity index is 1.67. The van der Waals surface area contributed by atoms with Gasteiger partial charge in [0.05, 0.1) is 13.2 Å². The van der Waals surface area contributed by atoms with Gasteiger partial charge in [-0.2, -0.15) is 0 Å². The Hall–Kier alpha value is -1.97. The minimum atomic E-state index is 0.0277. The summed E-state index contributed by atoms with van der Waals surface area (Å²) in [5.74, 6) is 1.35. The maximum atomic E-state index is 11.9. The van der Waals surface area contributed by atoms with Gasteiger partial charge >= 0.3 is 0 Å². The fourth-order valence-electron chi connectivity index (χ4n) is 2.70. The number of rotatable bonds is 9. The van der Waals surface area contributed by atoms with E-state index in [2.05, 4.69) is 30.6 Å². The standard InChI is InChI=1S/C20H30N2O2/c1-16(2)15-24-19-10-6-9-18(13-19)22-14-20(23)21-12-11-17-7-4-3-5-8-17/h6-7,9-10,13,16,22H,3-5,8,11-12,14-15H2,1-2H3,(H,21,23). The average Bonchev–Trinajstić information content (AvgIpc) is 2.59. The van der Waals surface area contributed by atoms with Gasteiger partial charge in [-0.15, -0.1) is 0 Å². The molecule has 1 aromatic carbocycles. The molecule has 2 rings (SSSR count). The highest BCUT2D eigenvalue weighted by Gasteiger charge is 2.05. The van der Waals surface area contributed by atoms with Crippen molar-refractivity contribution in [1.29, 1.82) is 0 Å². The summed E-state index contributed by atoms with van der Waals surface area (Å²) >= 11 is 0. The van der Waals surface area contributed by atoms with Crippen molar-refractivity contribution in [1.82, 2.24) is 5.32 Å². The SMILES string of the molecule is CC(C)COc1cccc(NCC(=O)NCCC2=CCCCC2)c1. The third kappa shape index (κ3) is 7.07. The molecule has 0 radical (unpaired) electrons.